The maximum Gasteiger partial charge on any atom is 0.231 e. The van der Waals surface area contributed by atoms with Crippen LogP contribution in [-0.4, -0.2) is 12.5 Å². The number of rotatable bonds is 4. The van der Waals surface area contributed by atoms with E-state index in [9.17, 15) is 4.79 Å². The Morgan fingerprint density at radius 2 is 1.93 bits per heavy atom. The first-order valence-electron chi connectivity index (χ1n) is 3.99. The zero-order chi connectivity index (χ0) is 10.6. The molecule has 5 heteroatoms. The molecular formula is C9H10Cl2N2O. The first-order valence-corrected chi connectivity index (χ1v) is 4.74. The fourth-order valence-corrected chi connectivity index (χ4v) is 1.33. The molecule has 3 N–H and O–H groups in total. The van der Waals surface area contributed by atoms with Crippen molar-refractivity contribution in [3.63, 3.8) is 0 Å². The van der Waals surface area contributed by atoms with Crippen molar-refractivity contribution in [2.24, 2.45) is 5.73 Å². The highest BCUT2D eigenvalue weighted by atomic mass is 35.5. The van der Waals surface area contributed by atoms with Crippen molar-refractivity contribution in [3.8, 4) is 0 Å². The molecule has 0 aliphatic rings. The summed E-state index contributed by atoms with van der Waals surface area (Å²) >= 11 is 11.9. The van der Waals surface area contributed by atoms with Crippen LogP contribution in [0.5, 0.6) is 0 Å². The molecule has 76 valence electrons. The normalized spacial score (nSPS) is 11.3. The number of nitrogens with two attached hydrogens (primary N) is 1. The molecule has 0 radical (unpaired) electrons. The topological polar surface area (TPSA) is 55.1 Å². The first kappa shape index (κ1) is 11.3. The van der Waals surface area contributed by atoms with Gasteiger partial charge in [0.2, 0.25) is 5.91 Å². The van der Waals surface area contributed by atoms with Gasteiger partial charge >= 0.3 is 0 Å². The van der Waals surface area contributed by atoms with Gasteiger partial charge in [-0.25, -0.2) is 0 Å². The van der Waals surface area contributed by atoms with E-state index < -0.39 is 10.4 Å². The van der Waals surface area contributed by atoms with Gasteiger partial charge in [0, 0.05) is 5.56 Å². The Labute approximate surface area is 92.2 Å². The second kappa shape index (κ2) is 4.64. The van der Waals surface area contributed by atoms with Gasteiger partial charge in [-0.3, -0.25) is 10.1 Å². The molecule has 0 unspecified atom stereocenters. The molecule has 0 aliphatic heterocycles. The number of primary amides is 1. The van der Waals surface area contributed by atoms with E-state index in [1.807, 2.05) is 6.07 Å². The zero-order valence-corrected chi connectivity index (χ0v) is 8.85. The molecule has 0 heterocycles. The summed E-state index contributed by atoms with van der Waals surface area (Å²) in [4.78, 5) is 10.5. The Balaban J connectivity index is 2.70. The lowest BCUT2D eigenvalue weighted by Crippen LogP contribution is -2.38. The number of amides is 1. The summed E-state index contributed by atoms with van der Waals surface area (Å²) in [7, 11) is 0. The van der Waals surface area contributed by atoms with Crippen molar-refractivity contribution >= 4 is 29.1 Å². The molecule has 0 saturated heterocycles. The average molecular weight is 233 g/mol. The Bertz CT molecular complexity index is 314. The van der Waals surface area contributed by atoms with Crippen molar-refractivity contribution in [3.05, 3.63) is 35.9 Å². The van der Waals surface area contributed by atoms with E-state index in [1.54, 1.807) is 24.3 Å². The van der Waals surface area contributed by atoms with Crippen molar-refractivity contribution in [2.75, 3.05) is 6.54 Å². The monoisotopic (exact) mass is 232 g/mol. The number of halogens is 2. The highest BCUT2D eigenvalue weighted by molar-refractivity contribution is 6.47. The number of nitrogens with one attached hydrogen (secondary N) is 1. The minimum Gasteiger partial charge on any atom is -0.369 e. The third-order valence-corrected chi connectivity index (χ3v) is 2.32. The van der Waals surface area contributed by atoms with Crippen molar-refractivity contribution in [2.45, 2.75) is 4.46 Å². The molecule has 0 saturated carbocycles. The van der Waals surface area contributed by atoms with Gasteiger partial charge in [0.05, 0.1) is 6.54 Å². The smallest absolute Gasteiger partial charge is 0.231 e. The van der Waals surface area contributed by atoms with E-state index in [4.69, 9.17) is 28.9 Å². The Morgan fingerprint density at radius 3 is 2.43 bits per heavy atom. The third kappa shape index (κ3) is 3.18. The molecule has 0 bridgehead atoms. The maximum absolute atomic E-state index is 10.5. The van der Waals surface area contributed by atoms with Crippen LogP contribution in [0.1, 0.15) is 5.56 Å². The van der Waals surface area contributed by atoms with Crippen LogP contribution < -0.4 is 11.1 Å². The van der Waals surface area contributed by atoms with Gasteiger partial charge in [0.1, 0.15) is 0 Å². The zero-order valence-electron chi connectivity index (χ0n) is 7.34. The van der Waals surface area contributed by atoms with E-state index in [1.165, 1.54) is 0 Å². The lowest BCUT2D eigenvalue weighted by Gasteiger charge is -2.20. The molecule has 0 spiro atoms. The maximum atomic E-state index is 10.5. The summed E-state index contributed by atoms with van der Waals surface area (Å²) in [5.74, 6) is -0.508. The quantitative estimate of drug-likeness (QED) is 0.609. The van der Waals surface area contributed by atoms with E-state index in [2.05, 4.69) is 5.32 Å². The van der Waals surface area contributed by atoms with E-state index in [0.29, 0.717) is 5.56 Å². The SMILES string of the molecule is NC(=O)CNC(Cl)(Cl)c1ccccc1. The second-order valence-corrected chi connectivity index (χ2v) is 4.09. The number of hydrogen-bond acceptors (Lipinski definition) is 2. The number of hydrogen-bond donors (Lipinski definition) is 2. The highest BCUT2D eigenvalue weighted by Gasteiger charge is 2.25. The summed E-state index contributed by atoms with van der Waals surface area (Å²) in [5.41, 5.74) is 5.63. The fraction of sp³-hybridized carbons (Fsp3) is 0.222. The van der Waals surface area contributed by atoms with E-state index >= 15 is 0 Å². The van der Waals surface area contributed by atoms with Gasteiger partial charge in [0.25, 0.3) is 0 Å². The van der Waals surface area contributed by atoms with Crippen molar-refractivity contribution < 1.29 is 4.79 Å². The Morgan fingerprint density at radius 1 is 1.36 bits per heavy atom. The van der Waals surface area contributed by atoms with E-state index in [-0.39, 0.29) is 6.54 Å². The largest absolute Gasteiger partial charge is 0.369 e. The standard InChI is InChI=1S/C9H10Cl2N2O/c10-9(11,13-6-8(12)14)7-4-2-1-3-5-7/h1-5,13H,6H2,(H2,12,14). The average Bonchev–Trinajstić information content (AvgIpc) is 2.16. The number of carbonyl (C=O) groups excluding carboxylic acids is 1. The Kier molecular flexibility index (Phi) is 3.75. The second-order valence-electron chi connectivity index (χ2n) is 2.76. The number of alkyl halides is 2. The molecular weight excluding hydrogens is 223 g/mol. The predicted octanol–water partition coefficient (Wildman–Crippen LogP) is 1.35. The van der Waals surface area contributed by atoms with Crippen LogP contribution in [0.15, 0.2) is 30.3 Å². The summed E-state index contributed by atoms with van der Waals surface area (Å²) in [5, 5.41) is 2.63. The lowest BCUT2D eigenvalue weighted by molar-refractivity contribution is -0.117. The molecule has 0 aromatic heterocycles. The van der Waals surface area contributed by atoms with Crippen LogP contribution in [-0.2, 0) is 9.25 Å². The predicted molar refractivity (Wildman–Crippen MR) is 57.0 cm³/mol. The van der Waals surface area contributed by atoms with Crippen LogP contribution in [0.4, 0.5) is 0 Å². The van der Waals surface area contributed by atoms with Crippen LogP contribution >= 0.6 is 23.2 Å². The van der Waals surface area contributed by atoms with Crippen LogP contribution in [0.2, 0.25) is 0 Å². The number of benzene rings is 1. The van der Waals surface area contributed by atoms with Gasteiger partial charge in [-0.15, -0.1) is 0 Å². The van der Waals surface area contributed by atoms with Crippen LogP contribution in [0.25, 0.3) is 0 Å². The fourth-order valence-electron chi connectivity index (χ4n) is 0.948. The first-order chi connectivity index (χ1) is 6.52. The van der Waals surface area contributed by atoms with Gasteiger partial charge in [-0.1, -0.05) is 53.5 Å². The van der Waals surface area contributed by atoms with Crippen molar-refractivity contribution in [1.29, 1.82) is 0 Å². The molecule has 1 aromatic rings. The van der Waals surface area contributed by atoms with Gasteiger partial charge in [-0.2, -0.15) is 0 Å². The summed E-state index contributed by atoms with van der Waals surface area (Å²) < 4.78 is -1.28. The summed E-state index contributed by atoms with van der Waals surface area (Å²) in [6.07, 6.45) is 0. The van der Waals surface area contributed by atoms with E-state index in [0.717, 1.165) is 0 Å². The molecule has 1 aromatic carbocycles. The minimum atomic E-state index is -1.28. The van der Waals surface area contributed by atoms with Crippen LogP contribution in [0.3, 0.4) is 0 Å². The van der Waals surface area contributed by atoms with Gasteiger partial charge in [-0.05, 0) is 0 Å². The number of carbonyl (C=O) groups is 1. The molecule has 3 nitrogen and oxygen atoms in total. The third-order valence-electron chi connectivity index (χ3n) is 1.62. The Hall–Kier alpha value is -0.770. The lowest BCUT2D eigenvalue weighted by atomic mass is 10.2. The minimum absolute atomic E-state index is 0.0676. The van der Waals surface area contributed by atoms with Gasteiger partial charge in [0.15, 0.2) is 4.46 Å². The molecule has 1 rings (SSSR count). The molecule has 0 fully saturated rings. The summed E-state index contributed by atoms with van der Waals surface area (Å²) in [6, 6.07) is 8.98. The molecule has 1 amide bonds. The van der Waals surface area contributed by atoms with Gasteiger partial charge < -0.3 is 5.73 Å². The molecule has 0 atom stereocenters. The molecule has 14 heavy (non-hydrogen) atoms. The summed E-state index contributed by atoms with van der Waals surface area (Å²) in [6.45, 7) is -0.0676. The highest BCUT2D eigenvalue weighted by Crippen LogP contribution is 2.29. The van der Waals surface area contributed by atoms with Crippen molar-refractivity contribution in [1.82, 2.24) is 5.32 Å². The van der Waals surface area contributed by atoms with Crippen LogP contribution in [0, 0.1) is 0 Å². The molecule has 0 aliphatic carbocycles.